The van der Waals surface area contributed by atoms with E-state index in [1.54, 1.807) is 36.2 Å². The van der Waals surface area contributed by atoms with Gasteiger partial charge in [-0.25, -0.2) is 9.78 Å². The van der Waals surface area contributed by atoms with Gasteiger partial charge in [0.1, 0.15) is 10.7 Å². The van der Waals surface area contributed by atoms with E-state index in [0.29, 0.717) is 21.9 Å². The minimum atomic E-state index is -0.989. The van der Waals surface area contributed by atoms with Crippen LogP contribution in [0.15, 0.2) is 24.4 Å². The number of nitrogens with zero attached hydrogens (tertiary/aromatic N) is 2. The Bertz CT molecular complexity index is 695. The van der Waals surface area contributed by atoms with Crippen LogP contribution in [0.5, 0.6) is 0 Å². The first-order valence-electron chi connectivity index (χ1n) is 6.17. The fourth-order valence-electron chi connectivity index (χ4n) is 1.74. The van der Waals surface area contributed by atoms with Crippen LogP contribution in [0.1, 0.15) is 25.6 Å². The molecule has 0 saturated carbocycles. The zero-order valence-electron chi connectivity index (χ0n) is 11.9. The predicted molar refractivity (Wildman–Crippen MR) is 82.5 cm³/mol. The third kappa shape index (κ3) is 3.38. The molecule has 7 heteroatoms. The van der Waals surface area contributed by atoms with Gasteiger partial charge in [-0.2, -0.15) is 0 Å². The summed E-state index contributed by atoms with van der Waals surface area (Å²) in [6.07, 6.45) is 1.56. The Hall–Kier alpha value is -2.41. The molecule has 0 unspecified atom stereocenters. The molecule has 2 rings (SSSR count). The van der Waals surface area contributed by atoms with Gasteiger partial charge in [-0.3, -0.25) is 4.79 Å². The number of carboxylic acid groups (broad SMARTS) is 1. The lowest BCUT2D eigenvalue weighted by molar-refractivity contribution is 0.0701. The van der Waals surface area contributed by atoms with Crippen LogP contribution in [0.3, 0.4) is 0 Å². The van der Waals surface area contributed by atoms with Crippen molar-refractivity contribution in [2.45, 2.75) is 6.92 Å². The Morgan fingerprint density at radius 1 is 1.33 bits per heavy atom. The van der Waals surface area contributed by atoms with Gasteiger partial charge >= 0.3 is 5.97 Å². The van der Waals surface area contributed by atoms with Crippen LogP contribution in [0.2, 0.25) is 0 Å². The number of rotatable bonds is 4. The molecule has 0 aliphatic heterocycles. The molecular weight excluding hydrogens is 290 g/mol. The Kier molecular flexibility index (Phi) is 4.23. The molecule has 6 nitrogen and oxygen atoms in total. The van der Waals surface area contributed by atoms with Gasteiger partial charge in [0.05, 0.1) is 5.00 Å². The molecule has 0 fully saturated rings. The van der Waals surface area contributed by atoms with E-state index in [-0.39, 0.29) is 10.8 Å². The van der Waals surface area contributed by atoms with Crippen molar-refractivity contribution in [3.63, 3.8) is 0 Å². The van der Waals surface area contributed by atoms with Gasteiger partial charge in [-0.15, -0.1) is 11.3 Å². The molecular formula is C14H15N3O3S. The number of thiophene rings is 1. The summed E-state index contributed by atoms with van der Waals surface area (Å²) in [5.41, 5.74) is 1.10. The van der Waals surface area contributed by atoms with Crippen LogP contribution in [0.25, 0.3) is 0 Å². The standard InChI is InChI=1S/C14H15N3O3S/c1-8-6-11(21-12(8)14(19)20)16-13(18)9-4-5-15-10(7-9)17(2)3/h4-7H,1-3H3,(H,16,18)(H,19,20). The van der Waals surface area contributed by atoms with Gasteiger partial charge in [0.25, 0.3) is 5.91 Å². The number of carbonyl (C=O) groups is 2. The average molecular weight is 305 g/mol. The van der Waals surface area contributed by atoms with E-state index in [9.17, 15) is 9.59 Å². The Balaban J connectivity index is 2.20. The number of amides is 1. The highest BCUT2D eigenvalue weighted by Crippen LogP contribution is 2.27. The number of aromatic nitrogens is 1. The molecule has 2 N–H and O–H groups in total. The molecule has 0 radical (unpaired) electrons. The van der Waals surface area contributed by atoms with Crippen LogP contribution in [-0.2, 0) is 0 Å². The second-order valence-corrected chi connectivity index (χ2v) is 5.73. The number of pyridine rings is 1. The monoisotopic (exact) mass is 305 g/mol. The topological polar surface area (TPSA) is 82.5 Å². The van der Waals surface area contributed by atoms with Crippen LogP contribution >= 0.6 is 11.3 Å². The lowest BCUT2D eigenvalue weighted by atomic mass is 10.2. The summed E-state index contributed by atoms with van der Waals surface area (Å²) in [4.78, 5) is 29.3. The SMILES string of the molecule is Cc1cc(NC(=O)c2ccnc(N(C)C)c2)sc1C(=O)O. The second-order valence-electron chi connectivity index (χ2n) is 4.68. The van der Waals surface area contributed by atoms with Crippen molar-refractivity contribution in [2.75, 3.05) is 24.3 Å². The van der Waals surface area contributed by atoms with Crippen molar-refractivity contribution in [3.8, 4) is 0 Å². The fourth-order valence-corrected chi connectivity index (χ4v) is 2.65. The first-order chi connectivity index (χ1) is 9.88. The molecule has 0 spiro atoms. The summed E-state index contributed by atoms with van der Waals surface area (Å²) in [7, 11) is 3.68. The van der Waals surface area contributed by atoms with E-state index in [2.05, 4.69) is 10.3 Å². The van der Waals surface area contributed by atoms with E-state index in [1.165, 1.54) is 0 Å². The lowest BCUT2D eigenvalue weighted by Crippen LogP contribution is -2.14. The van der Waals surface area contributed by atoms with E-state index in [4.69, 9.17) is 5.11 Å². The zero-order chi connectivity index (χ0) is 15.6. The molecule has 0 bridgehead atoms. The summed E-state index contributed by atoms with van der Waals surface area (Å²) in [6, 6.07) is 4.94. The van der Waals surface area contributed by atoms with E-state index < -0.39 is 5.97 Å². The van der Waals surface area contributed by atoms with Gasteiger partial charge < -0.3 is 15.3 Å². The smallest absolute Gasteiger partial charge is 0.346 e. The third-order valence-corrected chi connectivity index (χ3v) is 3.96. The largest absolute Gasteiger partial charge is 0.477 e. The van der Waals surface area contributed by atoms with E-state index in [1.807, 2.05) is 14.1 Å². The highest BCUT2D eigenvalue weighted by Gasteiger charge is 2.15. The number of aryl methyl sites for hydroxylation is 1. The third-order valence-electron chi connectivity index (χ3n) is 2.81. The van der Waals surface area contributed by atoms with E-state index >= 15 is 0 Å². The van der Waals surface area contributed by atoms with Crippen LogP contribution in [0.4, 0.5) is 10.8 Å². The Morgan fingerprint density at radius 3 is 2.62 bits per heavy atom. The lowest BCUT2D eigenvalue weighted by Gasteiger charge is -2.11. The molecule has 0 atom stereocenters. The number of carbonyl (C=O) groups excluding carboxylic acids is 1. The van der Waals surface area contributed by atoms with Gasteiger partial charge in [0.2, 0.25) is 0 Å². The molecule has 0 aliphatic carbocycles. The number of anilines is 2. The number of hydrogen-bond acceptors (Lipinski definition) is 5. The molecule has 110 valence electrons. The summed E-state index contributed by atoms with van der Waals surface area (Å²) >= 11 is 1.04. The van der Waals surface area contributed by atoms with Gasteiger partial charge in [-0.05, 0) is 30.7 Å². The molecule has 2 aromatic heterocycles. The molecule has 1 amide bonds. The zero-order valence-corrected chi connectivity index (χ0v) is 12.7. The van der Waals surface area contributed by atoms with Crippen molar-refractivity contribution in [1.82, 2.24) is 4.98 Å². The van der Waals surface area contributed by atoms with Crippen LogP contribution < -0.4 is 10.2 Å². The number of hydrogen-bond donors (Lipinski definition) is 2. The summed E-state index contributed by atoms with van der Waals surface area (Å²) < 4.78 is 0. The first-order valence-corrected chi connectivity index (χ1v) is 6.98. The summed E-state index contributed by atoms with van der Waals surface area (Å²) in [5, 5.41) is 12.2. The molecule has 0 aromatic carbocycles. The number of carboxylic acids is 1. The Morgan fingerprint density at radius 2 is 2.05 bits per heavy atom. The van der Waals surface area contributed by atoms with Crippen molar-refractivity contribution in [3.05, 3.63) is 40.4 Å². The second kappa shape index (κ2) is 5.92. The molecule has 0 aliphatic rings. The van der Waals surface area contributed by atoms with Gasteiger partial charge in [0.15, 0.2) is 0 Å². The first kappa shape index (κ1) is 15.0. The maximum atomic E-state index is 12.2. The maximum Gasteiger partial charge on any atom is 0.346 e. The number of nitrogens with one attached hydrogen (secondary N) is 1. The summed E-state index contributed by atoms with van der Waals surface area (Å²) in [5.74, 6) is -0.605. The fraction of sp³-hybridized carbons (Fsp3) is 0.214. The van der Waals surface area contributed by atoms with Gasteiger partial charge in [-0.1, -0.05) is 0 Å². The van der Waals surface area contributed by atoms with Crippen molar-refractivity contribution in [1.29, 1.82) is 0 Å². The minimum absolute atomic E-state index is 0.231. The van der Waals surface area contributed by atoms with E-state index in [0.717, 1.165) is 11.3 Å². The minimum Gasteiger partial charge on any atom is -0.477 e. The van der Waals surface area contributed by atoms with Crippen molar-refractivity contribution < 1.29 is 14.7 Å². The predicted octanol–water partition coefficient (Wildman–Crippen LogP) is 2.47. The number of aromatic carboxylic acids is 1. The van der Waals surface area contributed by atoms with Crippen LogP contribution in [-0.4, -0.2) is 36.1 Å². The van der Waals surface area contributed by atoms with Crippen molar-refractivity contribution in [2.24, 2.45) is 0 Å². The molecule has 2 heterocycles. The maximum absolute atomic E-state index is 12.2. The normalized spacial score (nSPS) is 10.2. The Labute approximate surface area is 126 Å². The molecule has 0 saturated heterocycles. The highest BCUT2D eigenvalue weighted by molar-refractivity contribution is 7.18. The van der Waals surface area contributed by atoms with Gasteiger partial charge in [0, 0.05) is 25.9 Å². The quantitative estimate of drug-likeness (QED) is 0.906. The molecule has 2 aromatic rings. The summed E-state index contributed by atoms with van der Waals surface area (Å²) in [6.45, 7) is 1.70. The molecule has 21 heavy (non-hydrogen) atoms. The van der Waals surface area contributed by atoms with Crippen LogP contribution in [0, 0.1) is 6.92 Å². The van der Waals surface area contributed by atoms with Crippen molar-refractivity contribution >= 4 is 34.0 Å². The average Bonchev–Trinajstić information content (AvgIpc) is 2.79. The highest BCUT2D eigenvalue weighted by atomic mass is 32.1.